The van der Waals surface area contributed by atoms with Crippen LogP contribution in [0.25, 0.3) is 0 Å². The summed E-state index contributed by atoms with van der Waals surface area (Å²) in [4.78, 5) is 14.4. The Hall–Kier alpha value is -1.03. The van der Waals surface area contributed by atoms with Crippen LogP contribution in [0.15, 0.2) is 12.5 Å². The van der Waals surface area contributed by atoms with Gasteiger partial charge in [0.2, 0.25) is 0 Å². The van der Waals surface area contributed by atoms with Gasteiger partial charge >= 0.3 is 5.97 Å². The number of carboxylic acid groups (broad SMARTS) is 1. The van der Waals surface area contributed by atoms with Crippen LogP contribution in [0.2, 0.25) is 0 Å². The fourth-order valence-electron chi connectivity index (χ4n) is 1.42. The number of hydrogen-bond acceptors (Lipinski definition) is 2. The van der Waals surface area contributed by atoms with E-state index in [4.69, 9.17) is 16.7 Å². The number of nitrogens with zero attached hydrogens (tertiary/aromatic N) is 2. The second-order valence-electron chi connectivity index (χ2n) is 3.41. The van der Waals surface area contributed by atoms with Crippen molar-refractivity contribution in [3.8, 4) is 0 Å². The van der Waals surface area contributed by atoms with E-state index in [2.05, 4.69) is 11.9 Å². The van der Waals surface area contributed by atoms with Crippen LogP contribution in [0.5, 0.6) is 0 Å². The number of aromatic nitrogens is 2. The first-order valence-corrected chi connectivity index (χ1v) is 5.44. The number of aryl methyl sites for hydroxylation is 1. The number of imidazole rings is 1. The molecular weight excluding hydrogens is 216 g/mol. The molecule has 1 N–H and O–H groups in total. The van der Waals surface area contributed by atoms with Gasteiger partial charge in [-0.15, -0.1) is 11.6 Å². The third-order valence-electron chi connectivity index (χ3n) is 2.14. The maximum Gasteiger partial charge on any atom is 0.303 e. The summed E-state index contributed by atoms with van der Waals surface area (Å²) >= 11 is 6.11. The van der Waals surface area contributed by atoms with E-state index < -0.39 is 5.97 Å². The van der Waals surface area contributed by atoms with Gasteiger partial charge in [0.1, 0.15) is 0 Å². The molecule has 0 amide bonds. The van der Waals surface area contributed by atoms with Gasteiger partial charge in [0.25, 0.3) is 0 Å². The highest BCUT2D eigenvalue weighted by molar-refractivity contribution is 6.20. The van der Waals surface area contributed by atoms with Gasteiger partial charge in [-0.2, -0.15) is 0 Å². The molecule has 1 aromatic rings. The largest absolute Gasteiger partial charge is 0.481 e. The molecule has 1 rings (SSSR count). The Morgan fingerprint density at radius 3 is 3.07 bits per heavy atom. The van der Waals surface area contributed by atoms with Crippen LogP contribution in [0.3, 0.4) is 0 Å². The van der Waals surface area contributed by atoms with Crippen molar-refractivity contribution in [1.82, 2.24) is 9.55 Å². The maximum atomic E-state index is 10.4. The fourth-order valence-corrected chi connectivity index (χ4v) is 1.71. The van der Waals surface area contributed by atoms with Crippen molar-refractivity contribution >= 4 is 17.6 Å². The predicted octanol–water partition coefficient (Wildman–Crippen LogP) is 2.44. The Bertz CT molecular complexity index is 325. The van der Waals surface area contributed by atoms with E-state index in [1.165, 1.54) is 0 Å². The lowest BCUT2D eigenvalue weighted by atomic mass is 10.2. The highest BCUT2D eigenvalue weighted by atomic mass is 35.5. The molecule has 0 saturated carbocycles. The Morgan fingerprint density at radius 1 is 1.73 bits per heavy atom. The quantitative estimate of drug-likeness (QED) is 0.764. The van der Waals surface area contributed by atoms with Crippen molar-refractivity contribution in [1.29, 1.82) is 0 Å². The molecule has 0 fully saturated rings. The van der Waals surface area contributed by atoms with Crippen LogP contribution in [0, 0.1) is 0 Å². The molecule has 15 heavy (non-hydrogen) atoms. The zero-order chi connectivity index (χ0) is 11.3. The van der Waals surface area contributed by atoms with Crippen LogP contribution in [0.4, 0.5) is 0 Å². The third kappa shape index (κ3) is 3.55. The number of halogens is 1. The Kier molecular flexibility index (Phi) is 4.62. The molecule has 1 aromatic heterocycles. The summed E-state index contributed by atoms with van der Waals surface area (Å²) in [6, 6.07) is 0. The van der Waals surface area contributed by atoms with Crippen molar-refractivity contribution in [3.05, 3.63) is 18.2 Å². The van der Waals surface area contributed by atoms with Crippen molar-refractivity contribution in [3.63, 3.8) is 0 Å². The zero-order valence-corrected chi connectivity index (χ0v) is 9.44. The highest BCUT2D eigenvalue weighted by Gasteiger charge is 2.14. The monoisotopic (exact) mass is 230 g/mol. The van der Waals surface area contributed by atoms with Gasteiger partial charge < -0.3 is 9.67 Å². The predicted molar refractivity (Wildman–Crippen MR) is 58.0 cm³/mol. The van der Waals surface area contributed by atoms with Gasteiger partial charge in [-0.05, 0) is 12.8 Å². The number of carboxylic acids is 1. The van der Waals surface area contributed by atoms with Gasteiger partial charge in [0.05, 0.1) is 17.4 Å². The molecule has 5 heteroatoms. The summed E-state index contributed by atoms with van der Waals surface area (Å²) in [6.45, 7) is 2.94. The Labute approximate surface area is 93.9 Å². The van der Waals surface area contributed by atoms with Gasteiger partial charge in [-0.3, -0.25) is 4.79 Å². The first-order valence-electron chi connectivity index (χ1n) is 5.01. The third-order valence-corrected chi connectivity index (χ3v) is 2.58. The van der Waals surface area contributed by atoms with Crippen LogP contribution in [-0.2, 0) is 11.3 Å². The summed E-state index contributed by atoms with van der Waals surface area (Å²) in [5.74, 6) is -0.817. The minimum absolute atomic E-state index is 0.0888. The van der Waals surface area contributed by atoms with Crippen molar-refractivity contribution in [2.75, 3.05) is 0 Å². The van der Waals surface area contributed by atoms with Gasteiger partial charge in [-0.25, -0.2) is 4.98 Å². The average molecular weight is 231 g/mol. The summed E-state index contributed by atoms with van der Waals surface area (Å²) in [5, 5.41) is 8.28. The SMILES string of the molecule is CCCn1cncc1C(Cl)CCC(=O)O. The summed E-state index contributed by atoms with van der Waals surface area (Å²) in [7, 11) is 0. The first kappa shape index (κ1) is 12.0. The molecule has 4 nitrogen and oxygen atoms in total. The summed E-state index contributed by atoms with van der Waals surface area (Å²) in [6.07, 6.45) is 4.97. The lowest BCUT2D eigenvalue weighted by Gasteiger charge is -2.11. The van der Waals surface area contributed by atoms with Gasteiger partial charge in [-0.1, -0.05) is 6.92 Å². The van der Waals surface area contributed by atoms with Gasteiger partial charge in [0.15, 0.2) is 0 Å². The molecule has 84 valence electrons. The molecule has 0 aliphatic heterocycles. The van der Waals surface area contributed by atoms with Crippen molar-refractivity contribution < 1.29 is 9.90 Å². The molecule has 0 spiro atoms. The van der Waals surface area contributed by atoms with Crippen LogP contribution >= 0.6 is 11.6 Å². The summed E-state index contributed by atoms with van der Waals surface area (Å²) in [5.41, 5.74) is 0.903. The molecular formula is C10H15ClN2O2. The normalized spacial score (nSPS) is 12.7. The van der Waals surface area contributed by atoms with E-state index >= 15 is 0 Å². The second-order valence-corrected chi connectivity index (χ2v) is 3.94. The Morgan fingerprint density at radius 2 is 2.47 bits per heavy atom. The molecule has 1 heterocycles. The molecule has 0 aliphatic rings. The standard InChI is InChI=1S/C10H15ClN2O2/c1-2-5-13-7-12-6-9(13)8(11)3-4-10(14)15/h6-8H,2-5H2,1H3,(H,14,15). The summed E-state index contributed by atoms with van der Waals surface area (Å²) < 4.78 is 1.97. The minimum atomic E-state index is -0.817. The van der Waals surface area contributed by atoms with Crippen LogP contribution < -0.4 is 0 Å². The van der Waals surface area contributed by atoms with E-state index in [9.17, 15) is 4.79 Å². The smallest absolute Gasteiger partial charge is 0.303 e. The molecule has 0 aromatic carbocycles. The van der Waals surface area contributed by atoms with E-state index in [-0.39, 0.29) is 11.8 Å². The number of alkyl halides is 1. The van der Waals surface area contributed by atoms with E-state index in [1.54, 1.807) is 12.5 Å². The van der Waals surface area contributed by atoms with Crippen LogP contribution in [0.1, 0.15) is 37.3 Å². The zero-order valence-electron chi connectivity index (χ0n) is 8.69. The lowest BCUT2D eigenvalue weighted by molar-refractivity contribution is -0.137. The van der Waals surface area contributed by atoms with Crippen molar-refractivity contribution in [2.45, 2.75) is 38.1 Å². The molecule has 1 unspecified atom stereocenters. The highest BCUT2D eigenvalue weighted by Crippen LogP contribution is 2.25. The average Bonchev–Trinajstić information content (AvgIpc) is 2.63. The molecule has 0 radical (unpaired) electrons. The molecule has 0 saturated heterocycles. The van der Waals surface area contributed by atoms with E-state index in [1.807, 2.05) is 4.57 Å². The van der Waals surface area contributed by atoms with E-state index in [0.29, 0.717) is 6.42 Å². The topological polar surface area (TPSA) is 55.1 Å². The van der Waals surface area contributed by atoms with Crippen LogP contribution in [-0.4, -0.2) is 20.6 Å². The minimum Gasteiger partial charge on any atom is -0.481 e. The number of rotatable bonds is 6. The maximum absolute atomic E-state index is 10.4. The van der Waals surface area contributed by atoms with Gasteiger partial charge in [0, 0.05) is 19.2 Å². The molecule has 1 atom stereocenters. The molecule has 0 aliphatic carbocycles. The number of aliphatic carboxylic acids is 1. The Balaban J connectivity index is 2.59. The number of hydrogen-bond donors (Lipinski definition) is 1. The van der Waals surface area contributed by atoms with Crippen molar-refractivity contribution in [2.24, 2.45) is 0 Å². The number of carbonyl (C=O) groups is 1. The molecule has 0 bridgehead atoms. The fraction of sp³-hybridized carbons (Fsp3) is 0.600. The second kappa shape index (κ2) is 5.75. The lowest BCUT2D eigenvalue weighted by Crippen LogP contribution is -2.05. The van der Waals surface area contributed by atoms with E-state index in [0.717, 1.165) is 18.7 Å². The first-order chi connectivity index (χ1) is 7.15.